The molecule has 1 heterocycles. The van der Waals surface area contributed by atoms with Gasteiger partial charge in [0.25, 0.3) is 0 Å². The first kappa shape index (κ1) is 21.3. The normalized spacial score (nSPS) is 16.9. The fourth-order valence-electron chi connectivity index (χ4n) is 6.73. The van der Waals surface area contributed by atoms with Crippen LogP contribution in [0, 0.1) is 20.8 Å². The van der Waals surface area contributed by atoms with Gasteiger partial charge in [-0.15, -0.1) is 0 Å². The summed E-state index contributed by atoms with van der Waals surface area (Å²) in [5.74, 6) is 0.618. The van der Waals surface area contributed by atoms with Gasteiger partial charge in [-0.2, -0.15) is 0 Å². The maximum atomic E-state index is 2.48. The maximum Gasteiger partial charge on any atom is 0.213 e. The Morgan fingerprint density at radius 1 is 0.556 bits per heavy atom. The average Bonchev–Trinajstić information content (AvgIpc) is 2.89. The Hall–Kier alpha value is -3.97. The molecule has 0 radical (unpaired) electrons. The second-order valence-electron chi connectivity index (χ2n) is 10.6. The number of hydrogen-bond acceptors (Lipinski definition) is 0. The molecule has 174 valence electrons. The molecule has 1 nitrogen and oxygen atoms in total. The Morgan fingerprint density at radius 2 is 1.28 bits per heavy atom. The van der Waals surface area contributed by atoms with E-state index in [1.54, 1.807) is 0 Å². The fourth-order valence-corrected chi connectivity index (χ4v) is 6.73. The first-order valence-corrected chi connectivity index (χ1v) is 12.9. The van der Waals surface area contributed by atoms with Gasteiger partial charge in [-0.25, -0.2) is 4.57 Å². The largest absolute Gasteiger partial charge is 0.213 e. The molecule has 4 aromatic carbocycles. The van der Waals surface area contributed by atoms with Gasteiger partial charge < -0.3 is 0 Å². The number of aryl methyl sites for hydroxylation is 4. The Labute approximate surface area is 213 Å². The molecule has 0 N–H and O–H groups in total. The van der Waals surface area contributed by atoms with Gasteiger partial charge in [-0.1, -0.05) is 72.3 Å². The summed E-state index contributed by atoms with van der Waals surface area (Å²) in [5.41, 5.74) is 18.1. The summed E-state index contributed by atoms with van der Waals surface area (Å²) in [6.07, 6.45) is 2.20. The number of aromatic nitrogens is 1. The molecule has 5 aromatic rings. The van der Waals surface area contributed by atoms with Crippen molar-refractivity contribution in [2.45, 2.75) is 32.6 Å². The van der Waals surface area contributed by atoms with Crippen LogP contribution in [0.4, 0.5) is 0 Å². The molecule has 0 saturated heterocycles. The smallest absolute Gasteiger partial charge is 0.201 e. The highest BCUT2D eigenvalue weighted by molar-refractivity contribution is 5.76. The molecule has 0 fully saturated rings. The molecule has 3 aliphatic carbocycles. The summed E-state index contributed by atoms with van der Waals surface area (Å²) < 4.78 is 2.23. The van der Waals surface area contributed by atoms with Gasteiger partial charge in [-0.05, 0) is 88.5 Å². The summed E-state index contributed by atoms with van der Waals surface area (Å²) in [5, 5.41) is 0. The number of pyridine rings is 1. The third-order valence-corrected chi connectivity index (χ3v) is 8.41. The Bertz CT molecular complexity index is 1690. The van der Waals surface area contributed by atoms with E-state index in [1.165, 1.54) is 72.5 Å². The van der Waals surface area contributed by atoms with E-state index >= 15 is 0 Å². The molecular weight excluding hydrogens is 434 g/mol. The van der Waals surface area contributed by atoms with Crippen LogP contribution in [0.2, 0.25) is 0 Å². The maximum absolute atomic E-state index is 2.48. The highest BCUT2D eigenvalue weighted by Gasteiger charge is 2.42. The fraction of sp³-hybridized carbons (Fsp3) is 0.171. The molecule has 8 rings (SSSR count). The van der Waals surface area contributed by atoms with Crippen molar-refractivity contribution in [1.29, 1.82) is 0 Å². The van der Waals surface area contributed by atoms with Crippen LogP contribution in [0.15, 0.2) is 97.2 Å². The summed E-state index contributed by atoms with van der Waals surface area (Å²) in [4.78, 5) is 0. The zero-order valence-corrected chi connectivity index (χ0v) is 21.3. The van der Waals surface area contributed by atoms with Crippen molar-refractivity contribution in [3.05, 3.63) is 147 Å². The molecule has 2 unspecified atom stereocenters. The van der Waals surface area contributed by atoms with E-state index in [1.807, 2.05) is 0 Å². The topological polar surface area (TPSA) is 3.88 Å². The van der Waals surface area contributed by atoms with Crippen LogP contribution in [0.1, 0.15) is 61.9 Å². The molecule has 1 heteroatoms. The summed E-state index contributed by atoms with van der Waals surface area (Å²) >= 11 is 0. The molecule has 3 aliphatic rings. The lowest BCUT2D eigenvalue weighted by Gasteiger charge is -2.43. The van der Waals surface area contributed by atoms with E-state index in [9.17, 15) is 0 Å². The molecule has 2 bridgehead atoms. The van der Waals surface area contributed by atoms with Gasteiger partial charge in [0, 0.05) is 29.5 Å². The van der Waals surface area contributed by atoms with Crippen LogP contribution < -0.4 is 4.57 Å². The van der Waals surface area contributed by atoms with E-state index < -0.39 is 0 Å². The van der Waals surface area contributed by atoms with E-state index in [-0.39, 0.29) is 0 Å². The predicted molar refractivity (Wildman–Crippen MR) is 147 cm³/mol. The van der Waals surface area contributed by atoms with Crippen LogP contribution in [0.5, 0.6) is 0 Å². The zero-order valence-electron chi connectivity index (χ0n) is 21.3. The van der Waals surface area contributed by atoms with Gasteiger partial charge in [0.05, 0.1) is 0 Å². The molecule has 0 aliphatic heterocycles. The highest BCUT2D eigenvalue weighted by Crippen LogP contribution is 2.57. The van der Waals surface area contributed by atoms with E-state index in [0.29, 0.717) is 11.8 Å². The van der Waals surface area contributed by atoms with Crippen LogP contribution in [0.3, 0.4) is 0 Å². The van der Waals surface area contributed by atoms with Crippen LogP contribution >= 0.6 is 0 Å². The lowest BCUT2D eigenvalue weighted by Crippen LogP contribution is -2.30. The van der Waals surface area contributed by atoms with E-state index in [4.69, 9.17) is 0 Å². The lowest BCUT2D eigenvalue weighted by atomic mass is 9.60. The van der Waals surface area contributed by atoms with E-state index in [2.05, 4.69) is 130 Å². The molecular formula is C35H30N+. The Balaban J connectivity index is 1.44. The summed E-state index contributed by atoms with van der Waals surface area (Å²) in [6.45, 7) is 6.72. The lowest BCUT2D eigenvalue weighted by molar-refractivity contribution is -0.660. The molecule has 0 saturated carbocycles. The van der Waals surface area contributed by atoms with Crippen LogP contribution in [-0.2, 0) is 7.05 Å². The van der Waals surface area contributed by atoms with Gasteiger partial charge in [0.2, 0.25) is 5.69 Å². The molecule has 36 heavy (non-hydrogen) atoms. The van der Waals surface area contributed by atoms with Crippen molar-refractivity contribution >= 4 is 0 Å². The minimum atomic E-state index is 0.297. The van der Waals surface area contributed by atoms with Crippen molar-refractivity contribution in [2.75, 3.05) is 0 Å². The second kappa shape index (κ2) is 7.77. The quantitative estimate of drug-likeness (QED) is 0.230. The SMILES string of the molecule is Cc1ccc2c(c1)C1c3ccccc3C2c2cc(-c3cc[n+](C)c(-c4ccccc4C)c3)cc(C)c21. The van der Waals surface area contributed by atoms with Crippen molar-refractivity contribution in [2.24, 2.45) is 7.05 Å². The van der Waals surface area contributed by atoms with Gasteiger partial charge in [0.1, 0.15) is 7.05 Å². The molecule has 0 spiro atoms. The third-order valence-electron chi connectivity index (χ3n) is 8.41. The standard InChI is InChI=1S/C35H30N/c1-21-13-14-29-30(17-21)35-28-12-8-7-11-27(28)34(29)31-19-25(18-23(3)33(31)35)24-15-16-36(4)32(20-24)26-10-6-5-9-22(26)2/h5-20,34-35H,1-4H3/q+1. The first-order chi connectivity index (χ1) is 17.5. The minimum Gasteiger partial charge on any atom is -0.201 e. The van der Waals surface area contributed by atoms with Gasteiger partial charge in [-0.3, -0.25) is 0 Å². The average molecular weight is 465 g/mol. The number of hydrogen-bond donors (Lipinski definition) is 0. The van der Waals surface area contributed by atoms with Gasteiger partial charge in [0.15, 0.2) is 6.20 Å². The van der Waals surface area contributed by atoms with Gasteiger partial charge >= 0.3 is 0 Å². The Kier molecular flexibility index (Phi) is 4.60. The van der Waals surface area contributed by atoms with Crippen molar-refractivity contribution in [3.63, 3.8) is 0 Å². The highest BCUT2D eigenvalue weighted by atomic mass is 14.9. The predicted octanol–water partition coefficient (Wildman–Crippen LogP) is 7.76. The number of rotatable bonds is 2. The third kappa shape index (κ3) is 2.99. The van der Waals surface area contributed by atoms with Crippen molar-refractivity contribution in [1.82, 2.24) is 0 Å². The minimum absolute atomic E-state index is 0.297. The summed E-state index contributed by atoms with van der Waals surface area (Å²) in [7, 11) is 2.14. The monoisotopic (exact) mass is 464 g/mol. The molecule has 1 aromatic heterocycles. The van der Waals surface area contributed by atoms with E-state index in [0.717, 1.165) is 0 Å². The molecule has 2 atom stereocenters. The second-order valence-corrected chi connectivity index (χ2v) is 10.6. The molecule has 0 amide bonds. The summed E-state index contributed by atoms with van der Waals surface area (Å²) in [6, 6.07) is 34.4. The number of nitrogens with zero attached hydrogens (tertiary/aromatic N) is 1. The number of benzene rings is 4. The van der Waals surface area contributed by atoms with Crippen LogP contribution in [-0.4, -0.2) is 0 Å². The first-order valence-electron chi connectivity index (χ1n) is 12.9. The van der Waals surface area contributed by atoms with Crippen molar-refractivity contribution in [3.8, 4) is 22.4 Å². The van der Waals surface area contributed by atoms with Crippen molar-refractivity contribution < 1.29 is 4.57 Å². The van der Waals surface area contributed by atoms with Crippen LogP contribution in [0.25, 0.3) is 22.4 Å². The zero-order chi connectivity index (χ0) is 24.6. The Morgan fingerprint density at radius 3 is 2.08 bits per heavy atom.